The van der Waals surface area contributed by atoms with Gasteiger partial charge in [-0.1, -0.05) is 26.2 Å². The van der Waals surface area contributed by atoms with Crippen molar-refractivity contribution < 1.29 is 0 Å². The Hall–Kier alpha value is -1.16. The number of hydrogen-bond donors (Lipinski definition) is 1. The minimum Gasteiger partial charge on any atom is -0.310 e. The summed E-state index contributed by atoms with van der Waals surface area (Å²) in [6.45, 7) is 5.03. The molecule has 0 bridgehead atoms. The van der Waals surface area contributed by atoms with Crippen LogP contribution >= 0.6 is 0 Å². The first-order chi connectivity index (χ1) is 9.28. The number of likely N-dealkylation sites (N-methyl/N-ethyl adjacent to an activating group) is 1. The second kappa shape index (κ2) is 5.45. The van der Waals surface area contributed by atoms with Crippen LogP contribution in [0, 0.1) is 0 Å². The van der Waals surface area contributed by atoms with Gasteiger partial charge in [-0.2, -0.15) is 0 Å². The standard InChI is InChI=1S/C15H23N3O/c1-2-18-9-8-12-13(10-18)16-14(17-15(12)19)11-6-4-3-5-7-11/h11H,2-10H2,1H3,(H,16,17,19). The number of fused-ring (bicyclic) bond motifs is 1. The van der Waals surface area contributed by atoms with E-state index in [1.165, 1.54) is 32.1 Å². The van der Waals surface area contributed by atoms with Crippen LogP contribution in [-0.4, -0.2) is 28.0 Å². The van der Waals surface area contributed by atoms with Crippen LogP contribution in [0.5, 0.6) is 0 Å². The molecular formula is C15H23N3O. The summed E-state index contributed by atoms with van der Waals surface area (Å²) in [6, 6.07) is 0. The minimum absolute atomic E-state index is 0.112. The van der Waals surface area contributed by atoms with Crippen molar-refractivity contribution in [2.24, 2.45) is 0 Å². The molecule has 1 saturated carbocycles. The molecule has 3 rings (SSSR count). The van der Waals surface area contributed by atoms with Crippen LogP contribution < -0.4 is 5.56 Å². The highest BCUT2D eigenvalue weighted by Gasteiger charge is 2.23. The fourth-order valence-electron chi connectivity index (χ4n) is 3.35. The molecule has 1 aromatic rings. The Morgan fingerprint density at radius 2 is 2.11 bits per heavy atom. The first-order valence-corrected chi connectivity index (χ1v) is 7.62. The molecule has 19 heavy (non-hydrogen) atoms. The third kappa shape index (κ3) is 2.59. The summed E-state index contributed by atoms with van der Waals surface area (Å²) in [5.41, 5.74) is 2.06. The van der Waals surface area contributed by atoms with E-state index in [-0.39, 0.29) is 5.56 Å². The van der Waals surface area contributed by atoms with Gasteiger partial charge in [0.25, 0.3) is 5.56 Å². The van der Waals surface area contributed by atoms with Gasteiger partial charge in [0.15, 0.2) is 0 Å². The first kappa shape index (κ1) is 12.9. The maximum atomic E-state index is 12.2. The van der Waals surface area contributed by atoms with Crippen LogP contribution in [0.3, 0.4) is 0 Å². The molecule has 1 N–H and O–H groups in total. The van der Waals surface area contributed by atoms with E-state index in [0.29, 0.717) is 5.92 Å². The number of hydrogen-bond acceptors (Lipinski definition) is 3. The Labute approximate surface area is 114 Å². The Bertz CT molecular complexity index is 503. The molecule has 0 unspecified atom stereocenters. The number of aromatic amines is 1. The normalized spacial score (nSPS) is 21.3. The molecule has 0 atom stereocenters. The van der Waals surface area contributed by atoms with Crippen molar-refractivity contribution in [1.29, 1.82) is 0 Å². The maximum Gasteiger partial charge on any atom is 0.254 e. The zero-order chi connectivity index (χ0) is 13.2. The highest BCUT2D eigenvalue weighted by molar-refractivity contribution is 5.22. The van der Waals surface area contributed by atoms with Crippen molar-refractivity contribution in [2.75, 3.05) is 13.1 Å². The fraction of sp³-hybridized carbons (Fsp3) is 0.733. The number of H-pyrrole nitrogens is 1. The van der Waals surface area contributed by atoms with E-state index in [9.17, 15) is 4.79 Å². The lowest BCUT2D eigenvalue weighted by Crippen LogP contribution is -2.35. The zero-order valence-corrected chi connectivity index (χ0v) is 11.7. The van der Waals surface area contributed by atoms with Gasteiger partial charge in [-0.3, -0.25) is 9.69 Å². The Balaban J connectivity index is 1.91. The Morgan fingerprint density at radius 3 is 2.84 bits per heavy atom. The van der Waals surface area contributed by atoms with Crippen LogP contribution in [0.15, 0.2) is 4.79 Å². The second-order valence-electron chi connectivity index (χ2n) is 5.83. The average Bonchev–Trinajstić information content (AvgIpc) is 2.47. The lowest BCUT2D eigenvalue weighted by Gasteiger charge is -2.27. The third-order valence-electron chi connectivity index (χ3n) is 4.61. The van der Waals surface area contributed by atoms with E-state index in [2.05, 4.69) is 16.8 Å². The molecule has 1 aliphatic carbocycles. The quantitative estimate of drug-likeness (QED) is 0.888. The smallest absolute Gasteiger partial charge is 0.254 e. The van der Waals surface area contributed by atoms with Gasteiger partial charge in [-0.15, -0.1) is 0 Å². The van der Waals surface area contributed by atoms with Crippen molar-refractivity contribution in [3.63, 3.8) is 0 Å². The van der Waals surface area contributed by atoms with Crippen LogP contribution in [0.1, 0.15) is 62.0 Å². The SMILES string of the molecule is CCN1CCc2c(nc(C3CCCCC3)[nH]c2=O)C1. The summed E-state index contributed by atoms with van der Waals surface area (Å²) < 4.78 is 0. The molecule has 2 heterocycles. The molecule has 2 aliphatic rings. The summed E-state index contributed by atoms with van der Waals surface area (Å²) in [7, 11) is 0. The highest BCUT2D eigenvalue weighted by Crippen LogP contribution is 2.30. The predicted octanol–water partition coefficient (Wildman–Crippen LogP) is 2.20. The van der Waals surface area contributed by atoms with Gasteiger partial charge in [-0.25, -0.2) is 4.98 Å². The van der Waals surface area contributed by atoms with Crippen molar-refractivity contribution in [3.8, 4) is 0 Å². The molecule has 0 radical (unpaired) electrons. The van der Waals surface area contributed by atoms with E-state index in [1.54, 1.807) is 0 Å². The number of aromatic nitrogens is 2. The summed E-state index contributed by atoms with van der Waals surface area (Å²) in [5, 5.41) is 0. The predicted molar refractivity (Wildman–Crippen MR) is 75.3 cm³/mol. The molecular weight excluding hydrogens is 238 g/mol. The van der Waals surface area contributed by atoms with E-state index in [0.717, 1.165) is 43.1 Å². The molecule has 1 fully saturated rings. The molecule has 0 aromatic carbocycles. The first-order valence-electron chi connectivity index (χ1n) is 7.62. The molecule has 104 valence electrons. The van der Waals surface area contributed by atoms with Crippen molar-refractivity contribution >= 4 is 0 Å². The Kier molecular flexibility index (Phi) is 3.69. The van der Waals surface area contributed by atoms with E-state index >= 15 is 0 Å². The minimum atomic E-state index is 0.112. The topological polar surface area (TPSA) is 49.0 Å². The largest absolute Gasteiger partial charge is 0.310 e. The van der Waals surface area contributed by atoms with Crippen molar-refractivity contribution in [3.05, 3.63) is 27.4 Å². The lowest BCUT2D eigenvalue weighted by atomic mass is 9.88. The molecule has 1 aliphatic heterocycles. The van der Waals surface area contributed by atoms with Gasteiger partial charge >= 0.3 is 0 Å². The zero-order valence-electron chi connectivity index (χ0n) is 11.7. The van der Waals surface area contributed by atoms with Crippen LogP contribution in [0.25, 0.3) is 0 Å². The second-order valence-corrected chi connectivity index (χ2v) is 5.83. The number of nitrogens with zero attached hydrogens (tertiary/aromatic N) is 2. The third-order valence-corrected chi connectivity index (χ3v) is 4.61. The molecule has 0 spiro atoms. The van der Waals surface area contributed by atoms with Crippen LogP contribution in [-0.2, 0) is 13.0 Å². The number of rotatable bonds is 2. The summed E-state index contributed by atoms with van der Waals surface area (Å²) in [4.78, 5) is 22.4. The Morgan fingerprint density at radius 1 is 1.32 bits per heavy atom. The van der Waals surface area contributed by atoms with Crippen LogP contribution in [0.2, 0.25) is 0 Å². The monoisotopic (exact) mass is 261 g/mol. The maximum absolute atomic E-state index is 12.2. The molecule has 0 amide bonds. The van der Waals surface area contributed by atoms with Crippen molar-refractivity contribution in [1.82, 2.24) is 14.9 Å². The number of nitrogens with one attached hydrogen (secondary N) is 1. The summed E-state index contributed by atoms with van der Waals surface area (Å²) in [5.74, 6) is 1.42. The lowest BCUT2D eigenvalue weighted by molar-refractivity contribution is 0.261. The van der Waals surface area contributed by atoms with Gasteiger partial charge in [0.2, 0.25) is 0 Å². The van der Waals surface area contributed by atoms with Gasteiger partial charge in [0, 0.05) is 24.6 Å². The summed E-state index contributed by atoms with van der Waals surface area (Å²) >= 11 is 0. The fourth-order valence-corrected chi connectivity index (χ4v) is 3.35. The van der Waals surface area contributed by atoms with Crippen molar-refractivity contribution in [2.45, 2.75) is 57.9 Å². The molecule has 4 heteroatoms. The van der Waals surface area contributed by atoms with Gasteiger partial charge < -0.3 is 4.98 Å². The molecule has 1 aromatic heterocycles. The average molecular weight is 261 g/mol. The van der Waals surface area contributed by atoms with E-state index < -0.39 is 0 Å². The summed E-state index contributed by atoms with van der Waals surface area (Å²) in [6.07, 6.45) is 7.07. The molecule has 0 saturated heterocycles. The van der Waals surface area contributed by atoms with Crippen LogP contribution in [0.4, 0.5) is 0 Å². The van der Waals surface area contributed by atoms with E-state index in [1.807, 2.05) is 0 Å². The van der Waals surface area contributed by atoms with E-state index in [4.69, 9.17) is 4.98 Å². The highest BCUT2D eigenvalue weighted by atomic mass is 16.1. The molecule has 4 nitrogen and oxygen atoms in total. The van der Waals surface area contributed by atoms with Gasteiger partial charge in [0.1, 0.15) is 5.82 Å². The van der Waals surface area contributed by atoms with Gasteiger partial charge in [0.05, 0.1) is 5.69 Å². The van der Waals surface area contributed by atoms with Gasteiger partial charge in [-0.05, 0) is 25.8 Å².